The zero-order valence-electron chi connectivity index (χ0n) is 10.5. The average molecular weight is 269 g/mol. The highest BCUT2D eigenvalue weighted by molar-refractivity contribution is 5.70. The highest BCUT2D eigenvalue weighted by Crippen LogP contribution is 2.27. The summed E-state index contributed by atoms with van der Waals surface area (Å²) in [6.45, 7) is 2.72. The predicted molar refractivity (Wildman–Crippen MR) is 66.9 cm³/mol. The molecule has 2 rings (SSSR count). The van der Waals surface area contributed by atoms with E-state index >= 15 is 0 Å². The van der Waals surface area contributed by atoms with Crippen LogP contribution in [0.2, 0.25) is 0 Å². The Bertz CT molecular complexity index is 570. The minimum atomic E-state index is -1.49. The number of anilines is 1. The molecule has 0 fully saturated rings. The molecule has 0 aliphatic rings. The molecule has 2 N–H and O–H groups in total. The van der Waals surface area contributed by atoms with E-state index in [4.69, 9.17) is 5.73 Å². The summed E-state index contributed by atoms with van der Waals surface area (Å²) >= 11 is 0. The van der Waals surface area contributed by atoms with Gasteiger partial charge in [-0.15, -0.1) is 0 Å². The van der Waals surface area contributed by atoms with Gasteiger partial charge in [-0.1, -0.05) is 13.3 Å². The fraction of sp³-hybridized carbons (Fsp3) is 0.308. The van der Waals surface area contributed by atoms with Gasteiger partial charge in [-0.2, -0.15) is 0 Å². The number of benzene rings is 1. The lowest BCUT2D eigenvalue weighted by molar-refractivity contribution is 0.447. The van der Waals surface area contributed by atoms with Crippen LogP contribution >= 0.6 is 0 Å². The van der Waals surface area contributed by atoms with Crippen LogP contribution in [-0.2, 0) is 6.54 Å². The van der Waals surface area contributed by atoms with Gasteiger partial charge in [-0.3, -0.25) is 0 Å². The third kappa shape index (κ3) is 2.57. The zero-order valence-corrected chi connectivity index (χ0v) is 10.5. The second-order valence-corrected chi connectivity index (χ2v) is 4.28. The number of nitrogen functional groups attached to an aromatic ring is 1. The lowest BCUT2D eigenvalue weighted by Crippen LogP contribution is -2.02. The van der Waals surface area contributed by atoms with Crippen molar-refractivity contribution >= 4 is 5.82 Å². The van der Waals surface area contributed by atoms with E-state index in [2.05, 4.69) is 4.98 Å². The number of aromatic nitrogens is 2. The maximum Gasteiger partial charge on any atom is 0.194 e. The van der Waals surface area contributed by atoms with Crippen LogP contribution in [0.1, 0.15) is 19.8 Å². The molecule has 2 aromatic rings. The molecule has 0 aliphatic carbocycles. The molecule has 0 unspecified atom stereocenters. The van der Waals surface area contributed by atoms with Crippen LogP contribution < -0.4 is 5.73 Å². The summed E-state index contributed by atoms with van der Waals surface area (Å²) in [7, 11) is 0. The minimum absolute atomic E-state index is 0.129. The number of imidazole rings is 1. The van der Waals surface area contributed by atoms with Gasteiger partial charge in [0.1, 0.15) is 11.5 Å². The van der Waals surface area contributed by atoms with Crippen LogP contribution in [0.3, 0.4) is 0 Å². The molecule has 1 aromatic carbocycles. The normalized spacial score (nSPS) is 10.9. The summed E-state index contributed by atoms with van der Waals surface area (Å²) in [6.07, 6.45) is 3.43. The fourth-order valence-corrected chi connectivity index (χ4v) is 1.81. The molecular weight excluding hydrogens is 255 g/mol. The molecular formula is C13H14F3N3. The molecule has 3 nitrogen and oxygen atoms in total. The second kappa shape index (κ2) is 5.34. The van der Waals surface area contributed by atoms with Gasteiger partial charge in [0.25, 0.3) is 0 Å². The highest BCUT2D eigenvalue weighted by Gasteiger charge is 2.16. The number of aryl methyl sites for hydroxylation is 1. The molecule has 0 saturated carbocycles. The van der Waals surface area contributed by atoms with Gasteiger partial charge >= 0.3 is 0 Å². The Balaban J connectivity index is 2.40. The summed E-state index contributed by atoms with van der Waals surface area (Å²) in [6, 6.07) is 1.78. The second-order valence-electron chi connectivity index (χ2n) is 4.28. The SMILES string of the molecule is CCCCn1cnc(-c2cc(F)c(F)c(F)c2)c1N. The molecule has 6 heteroatoms. The molecule has 0 spiro atoms. The van der Waals surface area contributed by atoms with Crippen LogP contribution in [0.15, 0.2) is 18.5 Å². The summed E-state index contributed by atoms with van der Waals surface area (Å²) in [4.78, 5) is 4.03. The van der Waals surface area contributed by atoms with Crippen LogP contribution in [0.5, 0.6) is 0 Å². The smallest absolute Gasteiger partial charge is 0.194 e. The van der Waals surface area contributed by atoms with E-state index < -0.39 is 17.5 Å². The largest absolute Gasteiger partial charge is 0.383 e. The Morgan fingerprint density at radius 2 is 1.84 bits per heavy atom. The van der Waals surface area contributed by atoms with Gasteiger partial charge in [-0.05, 0) is 18.6 Å². The van der Waals surface area contributed by atoms with Crippen molar-refractivity contribution < 1.29 is 13.2 Å². The van der Waals surface area contributed by atoms with Gasteiger partial charge in [0.05, 0.1) is 6.33 Å². The lowest BCUT2D eigenvalue weighted by atomic mass is 10.1. The van der Waals surface area contributed by atoms with E-state index in [0.29, 0.717) is 12.4 Å². The third-order valence-electron chi connectivity index (χ3n) is 2.89. The van der Waals surface area contributed by atoms with E-state index in [-0.39, 0.29) is 11.3 Å². The molecule has 19 heavy (non-hydrogen) atoms. The zero-order chi connectivity index (χ0) is 14.0. The number of halogens is 3. The Morgan fingerprint density at radius 3 is 2.42 bits per heavy atom. The van der Waals surface area contributed by atoms with Crippen molar-refractivity contribution in [3.8, 4) is 11.3 Å². The average Bonchev–Trinajstić information content (AvgIpc) is 2.74. The van der Waals surface area contributed by atoms with Crippen molar-refractivity contribution in [3.05, 3.63) is 35.9 Å². The highest BCUT2D eigenvalue weighted by atomic mass is 19.2. The minimum Gasteiger partial charge on any atom is -0.383 e. The van der Waals surface area contributed by atoms with Crippen LogP contribution in [0.4, 0.5) is 19.0 Å². The van der Waals surface area contributed by atoms with E-state index in [9.17, 15) is 13.2 Å². The van der Waals surface area contributed by atoms with Crippen molar-refractivity contribution in [2.75, 3.05) is 5.73 Å². The van der Waals surface area contributed by atoms with Crippen molar-refractivity contribution in [1.82, 2.24) is 9.55 Å². The molecule has 0 amide bonds. The Morgan fingerprint density at radius 1 is 1.21 bits per heavy atom. The Labute approximate surface area is 108 Å². The summed E-state index contributed by atoms with van der Waals surface area (Å²) < 4.78 is 41.0. The third-order valence-corrected chi connectivity index (χ3v) is 2.89. The first kappa shape index (κ1) is 13.5. The number of nitrogens with zero attached hydrogens (tertiary/aromatic N) is 2. The first-order valence-electron chi connectivity index (χ1n) is 6.00. The van der Waals surface area contributed by atoms with Gasteiger partial charge in [0, 0.05) is 12.1 Å². The number of nitrogens with two attached hydrogens (primary N) is 1. The van der Waals surface area contributed by atoms with Gasteiger partial charge in [0.2, 0.25) is 0 Å². The first-order chi connectivity index (χ1) is 9.04. The van der Waals surface area contributed by atoms with E-state index in [1.165, 1.54) is 6.33 Å². The maximum absolute atomic E-state index is 13.2. The first-order valence-corrected chi connectivity index (χ1v) is 6.00. The summed E-state index contributed by atoms with van der Waals surface area (Å²) in [5.41, 5.74) is 6.26. The molecule has 1 aromatic heterocycles. The van der Waals surface area contributed by atoms with Crippen molar-refractivity contribution in [1.29, 1.82) is 0 Å². The topological polar surface area (TPSA) is 43.8 Å². The molecule has 102 valence electrons. The fourth-order valence-electron chi connectivity index (χ4n) is 1.81. The quantitative estimate of drug-likeness (QED) is 0.865. The van der Waals surface area contributed by atoms with Crippen molar-refractivity contribution in [2.24, 2.45) is 0 Å². The number of hydrogen-bond donors (Lipinski definition) is 1. The van der Waals surface area contributed by atoms with E-state index in [1.54, 1.807) is 4.57 Å². The number of hydrogen-bond acceptors (Lipinski definition) is 2. The Hall–Kier alpha value is -1.98. The molecule has 1 heterocycles. The van der Waals surface area contributed by atoms with E-state index in [1.807, 2.05) is 6.92 Å². The molecule has 0 aliphatic heterocycles. The standard InChI is InChI=1S/C13H14F3N3/c1-2-3-4-19-7-18-12(13(19)17)8-5-9(14)11(16)10(15)6-8/h5-7H,2-4,17H2,1H3. The van der Waals surface area contributed by atoms with Gasteiger partial charge in [-0.25, -0.2) is 18.2 Å². The van der Waals surface area contributed by atoms with Crippen LogP contribution in [0, 0.1) is 17.5 Å². The van der Waals surface area contributed by atoms with Crippen LogP contribution in [-0.4, -0.2) is 9.55 Å². The lowest BCUT2D eigenvalue weighted by Gasteiger charge is -2.05. The van der Waals surface area contributed by atoms with E-state index in [0.717, 1.165) is 25.0 Å². The van der Waals surface area contributed by atoms with Crippen molar-refractivity contribution in [3.63, 3.8) is 0 Å². The van der Waals surface area contributed by atoms with Crippen LogP contribution in [0.25, 0.3) is 11.3 Å². The number of rotatable bonds is 4. The molecule has 0 atom stereocenters. The molecule has 0 saturated heterocycles. The maximum atomic E-state index is 13.2. The Kier molecular flexibility index (Phi) is 3.78. The molecule has 0 radical (unpaired) electrons. The summed E-state index contributed by atoms with van der Waals surface area (Å²) in [5.74, 6) is -3.68. The number of unbranched alkanes of at least 4 members (excludes halogenated alkanes) is 1. The predicted octanol–water partition coefficient (Wildman–Crippen LogP) is 3.35. The molecule has 0 bridgehead atoms. The van der Waals surface area contributed by atoms with Gasteiger partial charge in [0.15, 0.2) is 17.5 Å². The monoisotopic (exact) mass is 269 g/mol. The van der Waals surface area contributed by atoms with Crippen molar-refractivity contribution in [2.45, 2.75) is 26.3 Å². The van der Waals surface area contributed by atoms with Gasteiger partial charge < -0.3 is 10.3 Å². The summed E-state index contributed by atoms with van der Waals surface area (Å²) in [5, 5.41) is 0.